The van der Waals surface area contributed by atoms with E-state index in [9.17, 15) is 8.78 Å². The van der Waals surface area contributed by atoms with Crippen LogP contribution in [0.25, 0.3) is 0 Å². The van der Waals surface area contributed by atoms with Crippen LogP contribution in [0.4, 0.5) is 8.78 Å². The largest absolute Gasteiger partial charge is 0.434 e. The van der Waals surface area contributed by atoms with Crippen LogP contribution in [0.1, 0.15) is 30.9 Å². The second-order valence-electron chi connectivity index (χ2n) is 5.84. The molecule has 1 heterocycles. The maximum atomic E-state index is 12.7. The topological polar surface area (TPSA) is 24.5 Å². The molecule has 0 unspecified atom stereocenters. The lowest BCUT2D eigenvalue weighted by Crippen LogP contribution is -2.48. The number of halogens is 2. The van der Waals surface area contributed by atoms with Crippen LogP contribution < -0.4 is 10.1 Å². The molecule has 0 bridgehead atoms. The molecule has 0 amide bonds. The summed E-state index contributed by atoms with van der Waals surface area (Å²) in [6, 6.07) is 7.49. The minimum atomic E-state index is -2.77. The van der Waals surface area contributed by atoms with Crippen LogP contribution in [0.5, 0.6) is 5.75 Å². The second kappa shape index (κ2) is 6.71. The summed E-state index contributed by atoms with van der Waals surface area (Å²) in [6.07, 6.45) is 3.60. The molecule has 1 N–H and O–H groups in total. The standard InChI is InChI=1S/C16H22F2N2O/c17-16(18)21-14-7-2-1-6-13(14)15(12-4-3-5-12)20-10-8-19-9-11-20/h1-2,6-7,12,15-16,19H,3-5,8-11H2/t15-/m1/s1. The summed E-state index contributed by atoms with van der Waals surface area (Å²) in [5.41, 5.74) is 0.921. The third-order valence-corrected chi connectivity index (χ3v) is 4.60. The maximum absolute atomic E-state index is 12.7. The Balaban J connectivity index is 1.88. The third kappa shape index (κ3) is 3.35. The molecule has 1 aliphatic heterocycles. The molecule has 0 radical (unpaired) electrons. The van der Waals surface area contributed by atoms with Crippen molar-refractivity contribution in [1.82, 2.24) is 10.2 Å². The molecule has 1 saturated carbocycles. The van der Waals surface area contributed by atoms with E-state index in [0.717, 1.165) is 31.7 Å². The first-order valence-electron chi connectivity index (χ1n) is 7.74. The van der Waals surface area contributed by atoms with E-state index in [1.165, 1.54) is 19.3 Å². The summed E-state index contributed by atoms with van der Waals surface area (Å²) in [7, 11) is 0. The molecule has 1 aliphatic carbocycles. The van der Waals surface area contributed by atoms with Crippen molar-refractivity contribution < 1.29 is 13.5 Å². The molecule has 1 aromatic carbocycles. The van der Waals surface area contributed by atoms with E-state index in [0.29, 0.717) is 11.7 Å². The van der Waals surface area contributed by atoms with Crippen molar-refractivity contribution in [2.45, 2.75) is 31.9 Å². The van der Waals surface area contributed by atoms with E-state index in [2.05, 4.69) is 10.2 Å². The number of nitrogens with one attached hydrogen (secondary N) is 1. The zero-order valence-electron chi connectivity index (χ0n) is 12.1. The lowest BCUT2D eigenvalue weighted by Gasteiger charge is -2.43. The van der Waals surface area contributed by atoms with Gasteiger partial charge in [-0.25, -0.2) is 0 Å². The summed E-state index contributed by atoms with van der Waals surface area (Å²) in [6.45, 7) is 1.08. The van der Waals surface area contributed by atoms with Crippen LogP contribution in [0, 0.1) is 5.92 Å². The van der Waals surface area contributed by atoms with Crippen LogP contribution in [-0.4, -0.2) is 37.7 Å². The molecular weight excluding hydrogens is 274 g/mol. The molecule has 21 heavy (non-hydrogen) atoms. The van der Waals surface area contributed by atoms with E-state index in [4.69, 9.17) is 4.74 Å². The Morgan fingerprint density at radius 1 is 1.14 bits per heavy atom. The van der Waals surface area contributed by atoms with Crippen LogP contribution in [0.15, 0.2) is 24.3 Å². The number of hydrogen-bond donors (Lipinski definition) is 1. The van der Waals surface area contributed by atoms with Crippen molar-refractivity contribution in [2.24, 2.45) is 5.92 Å². The van der Waals surface area contributed by atoms with Gasteiger partial charge in [0.2, 0.25) is 0 Å². The second-order valence-corrected chi connectivity index (χ2v) is 5.84. The van der Waals surface area contributed by atoms with Gasteiger partial charge >= 0.3 is 6.61 Å². The van der Waals surface area contributed by atoms with Crippen LogP contribution in [-0.2, 0) is 0 Å². The molecular formula is C16H22F2N2O. The molecule has 1 atom stereocenters. The van der Waals surface area contributed by atoms with Gasteiger partial charge in [-0.05, 0) is 24.8 Å². The fraction of sp³-hybridized carbons (Fsp3) is 0.625. The fourth-order valence-electron chi connectivity index (χ4n) is 3.39. The lowest BCUT2D eigenvalue weighted by atomic mass is 9.76. The van der Waals surface area contributed by atoms with Gasteiger partial charge in [-0.3, -0.25) is 4.90 Å². The molecule has 3 rings (SSSR count). The van der Waals surface area contributed by atoms with Crippen LogP contribution >= 0.6 is 0 Å². The summed E-state index contributed by atoms with van der Waals surface area (Å²) < 4.78 is 30.1. The minimum absolute atomic E-state index is 0.204. The predicted molar refractivity (Wildman–Crippen MR) is 77.6 cm³/mol. The molecule has 0 spiro atoms. The van der Waals surface area contributed by atoms with Gasteiger partial charge in [0.25, 0.3) is 0 Å². The van der Waals surface area contributed by atoms with Gasteiger partial charge in [-0.2, -0.15) is 8.78 Å². The van der Waals surface area contributed by atoms with Crippen molar-refractivity contribution in [3.8, 4) is 5.75 Å². The molecule has 5 heteroatoms. The van der Waals surface area contributed by atoms with E-state index in [-0.39, 0.29) is 6.04 Å². The van der Waals surface area contributed by atoms with Gasteiger partial charge in [-0.15, -0.1) is 0 Å². The van der Waals surface area contributed by atoms with E-state index in [1.807, 2.05) is 12.1 Å². The molecule has 116 valence electrons. The predicted octanol–water partition coefficient (Wildman–Crippen LogP) is 3.03. The highest BCUT2D eigenvalue weighted by molar-refractivity contribution is 5.37. The maximum Gasteiger partial charge on any atom is 0.387 e. The van der Waals surface area contributed by atoms with Gasteiger partial charge in [0.05, 0.1) is 0 Å². The Hall–Kier alpha value is -1.20. The van der Waals surface area contributed by atoms with Crippen molar-refractivity contribution in [3.63, 3.8) is 0 Å². The zero-order chi connectivity index (χ0) is 14.7. The summed E-state index contributed by atoms with van der Waals surface area (Å²) in [5.74, 6) is 0.897. The number of piperazine rings is 1. The van der Waals surface area contributed by atoms with Gasteiger partial charge in [0, 0.05) is 37.8 Å². The Morgan fingerprint density at radius 3 is 2.48 bits per heavy atom. The Morgan fingerprint density at radius 2 is 1.86 bits per heavy atom. The van der Waals surface area contributed by atoms with Gasteiger partial charge in [0.1, 0.15) is 5.75 Å². The van der Waals surface area contributed by atoms with Crippen LogP contribution in [0.2, 0.25) is 0 Å². The molecule has 1 aromatic rings. The van der Waals surface area contributed by atoms with E-state index >= 15 is 0 Å². The summed E-state index contributed by atoms with van der Waals surface area (Å²) in [5, 5.41) is 3.35. The number of hydrogen-bond acceptors (Lipinski definition) is 3. The van der Waals surface area contributed by atoms with Crippen molar-refractivity contribution in [2.75, 3.05) is 26.2 Å². The fourth-order valence-corrected chi connectivity index (χ4v) is 3.39. The van der Waals surface area contributed by atoms with Crippen molar-refractivity contribution in [3.05, 3.63) is 29.8 Å². The van der Waals surface area contributed by atoms with Crippen molar-refractivity contribution in [1.29, 1.82) is 0 Å². The highest BCUT2D eigenvalue weighted by atomic mass is 19.3. The molecule has 2 aliphatic rings. The molecule has 1 saturated heterocycles. The molecule has 0 aromatic heterocycles. The normalized spacial score (nSPS) is 22.0. The number of para-hydroxylation sites is 1. The Kier molecular flexibility index (Phi) is 4.70. The Bertz CT molecular complexity index is 459. The number of nitrogens with zero attached hydrogens (tertiary/aromatic N) is 1. The third-order valence-electron chi connectivity index (χ3n) is 4.60. The van der Waals surface area contributed by atoms with Crippen LogP contribution in [0.3, 0.4) is 0 Å². The first-order valence-corrected chi connectivity index (χ1v) is 7.74. The van der Waals surface area contributed by atoms with E-state index in [1.54, 1.807) is 12.1 Å². The summed E-state index contributed by atoms with van der Waals surface area (Å²) in [4.78, 5) is 2.42. The molecule has 3 nitrogen and oxygen atoms in total. The van der Waals surface area contributed by atoms with Gasteiger partial charge < -0.3 is 10.1 Å². The zero-order valence-corrected chi connectivity index (χ0v) is 12.1. The van der Waals surface area contributed by atoms with Crippen molar-refractivity contribution >= 4 is 0 Å². The smallest absolute Gasteiger partial charge is 0.387 e. The van der Waals surface area contributed by atoms with Gasteiger partial charge in [-0.1, -0.05) is 24.6 Å². The number of rotatable bonds is 5. The molecule has 2 fully saturated rings. The first-order chi connectivity index (χ1) is 10.3. The Labute approximate surface area is 124 Å². The summed E-state index contributed by atoms with van der Waals surface area (Å²) >= 11 is 0. The average molecular weight is 296 g/mol. The number of ether oxygens (including phenoxy) is 1. The van der Waals surface area contributed by atoms with Gasteiger partial charge in [0.15, 0.2) is 0 Å². The highest BCUT2D eigenvalue weighted by Gasteiger charge is 2.35. The first kappa shape index (κ1) is 14.7. The quantitative estimate of drug-likeness (QED) is 0.904. The monoisotopic (exact) mass is 296 g/mol. The number of benzene rings is 1. The lowest BCUT2D eigenvalue weighted by molar-refractivity contribution is -0.0520. The van der Waals surface area contributed by atoms with E-state index < -0.39 is 6.61 Å². The highest BCUT2D eigenvalue weighted by Crippen LogP contribution is 2.44. The SMILES string of the molecule is FC(F)Oc1ccccc1[C@@H](C1CCC1)N1CCNCC1. The minimum Gasteiger partial charge on any atom is -0.434 e. The number of alkyl halides is 2. The average Bonchev–Trinajstić information content (AvgIpc) is 2.44.